The van der Waals surface area contributed by atoms with Crippen LogP contribution in [0.5, 0.6) is 5.75 Å². The number of benzene rings is 1. The fourth-order valence-corrected chi connectivity index (χ4v) is 2.19. The summed E-state index contributed by atoms with van der Waals surface area (Å²) in [5.74, 6) is 0.932. The molecule has 0 aliphatic carbocycles. The minimum absolute atomic E-state index is 0.514. The lowest BCUT2D eigenvalue weighted by Crippen LogP contribution is -2.35. The Labute approximate surface area is 102 Å². The maximum absolute atomic E-state index is 5.71. The molecule has 1 fully saturated rings. The normalized spacial score (nSPS) is 17.1. The number of ether oxygens (including phenoxy) is 2. The number of rotatable bonds is 4. The Bertz CT molecular complexity index is 362. The van der Waals surface area contributed by atoms with Crippen LogP contribution in [0.2, 0.25) is 0 Å². The average molecular weight is 236 g/mol. The van der Waals surface area contributed by atoms with Gasteiger partial charge in [0.05, 0.1) is 20.3 Å². The molecular formula is C13H20N2O2. The quantitative estimate of drug-likeness (QED) is 0.847. The molecule has 1 aliphatic rings. The highest BCUT2D eigenvalue weighted by Crippen LogP contribution is 2.25. The number of nitrogens with zero attached hydrogens (tertiary/aromatic N) is 1. The first-order valence-corrected chi connectivity index (χ1v) is 6.00. The molecule has 0 unspecified atom stereocenters. The van der Waals surface area contributed by atoms with Gasteiger partial charge < -0.3 is 15.2 Å². The summed E-state index contributed by atoms with van der Waals surface area (Å²) in [5, 5.41) is 0. The molecule has 0 amide bonds. The molecule has 17 heavy (non-hydrogen) atoms. The zero-order chi connectivity index (χ0) is 12.1. The predicted molar refractivity (Wildman–Crippen MR) is 67.0 cm³/mol. The number of morpholine rings is 1. The Kier molecular flexibility index (Phi) is 4.36. The van der Waals surface area contributed by atoms with Crippen LogP contribution in [0.3, 0.4) is 0 Å². The number of para-hydroxylation sites is 1. The van der Waals surface area contributed by atoms with E-state index < -0.39 is 0 Å². The van der Waals surface area contributed by atoms with Gasteiger partial charge in [-0.25, -0.2) is 0 Å². The van der Waals surface area contributed by atoms with Crippen LogP contribution in [0.4, 0.5) is 0 Å². The van der Waals surface area contributed by atoms with E-state index in [1.165, 1.54) is 5.56 Å². The van der Waals surface area contributed by atoms with Gasteiger partial charge in [-0.05, 0) is 0 Å². The van der Waals surface area contributed by atoms with Crippen LogP contribution in [0.1, 0.15) is 11.1 Å². The Morgan fingerprint density at radius 3 is 2.65 bits per heavy atom. The van der Waals surface area contributed by atoms with Crippen LogP contribution in [-0.4, -0.2) is 38.3 Å². The standard InChI is InChI=1S/C13H20N2O2/c1-16-13-11(9-14)3-2-4-12(13)10-15-5-7-17-8-6-15/h2-4H,5-10,14H2,1H3. The molecule has 4 nitrogen and oxygen atoms in total. The molecule has 0 spiro atoms. The smallest absolute Gasteiger partial charge is 0.127 e. The molecule has 1 aliphatic heterocycles. The van der Waals surface area contributed by atoms with Crippen LogP contribution in [-0.2, 0) is 17.8 Å². The molecule has 2 N–H and O–H groups in total. The summed E-state index contributed by atoms with van der Waals surface area (Å²) in [6.45, 7) is 5.02. The lowest BCUT2D eigenvalue weighted by Gasteiger charge is -2.27. The Hall–Kier alpha value is -1.10. The molecule has 4 heteroatoms. The minimum atomic E-state index is 0.514. The van der Waals surface area contributed by atoms with E-state index in [1.54, 1.807) is 7.11 Å². The summed E-state index contributed by atoms with van der Waals surface area (Å²) in [7, 11) is 1.71. The maximum atomic E-state index is 5.71. The third-order valence-corrected chi connectivity index (χ3v) is 3.10. The number of hydrogen-bond acceptors (Lipinski definition) is 4. The van der Waals surface area contributed by atoms with Crippen molar-refractivity contribution < 1.29 is 9.47 Å². The fraction of sp³-hybridized carbons (Fsp3) is 0.538. The highest BCUT2D eigenvalue weighted by Gasteiger charge is 2.14. The van der Waals surface area contributed by atoms with Gasteiger partial charge in [-0.3, -0.25) is 4.90 Å². The van der Waals surface area contributed by atoms with Crippen molar-refractivity contribution in [3.8, 4) is 5.75 Å². The number of nitrogens with two attached hydrogens (primary N) is 1. The first-order chi connectivity index (χ1) is 8.35. The molecule has 0 saturated carbocycles. The lowest BCUT2D eigenvalue weighted by molar-refractivity contribution is 0.0338. The van der Waals surface area contributed by atoms with Gasteiger partial charge in [0.25, 0.3) is 0 Å². The zero-order valence-corrected chi connectivity index (χ0v) is 10.3. The molecule has 1 heterocycles. The second-order valence-electron chi connectivity index (χ2n) is 4.20. The topological polar surface area (TPSA) is 47.7 Å². The van der Waals surface area contributed by atoms with Crippen molar-refractivity contribution in [2.75, 3.05) is 33.4 Å². The molecule has 0 radical (unpaired) electrons. The largest absolute Gasteiger partial charge is 0.496 e. The van der Waals surface area contributed by atoms with E-state index >= 15 is 0 Å². The van der Waals surface area contributed by atoms with Gasteiger partial charge in [0.2, 0.25) is 0 Å². The molecule has 0 atom stereocenters. The third-order valence-electron chi connectivity index (χ3n) is 3.10. The van der Waals surface area contributed by atoms with E-state index in [2.05, 4.69) is 11.0 Å². The molecule has 2 rings (SSSR count). The van der Waals surface area contributed by atoms with E-state index in [9.17, 15) is 0 Å². The monoisotopic (exact) mass is 236 g/mol. The van der Waals surface area contributed by atoms with Crippen molar-refractivity contribution in [1.29, 1.82) is 0 Å². The predicted octanol–water partition coefficient (Wildman–Crippen LogP) is 0.986. The average Bonchev–Trinajstić information content (AvgIpc) is 2.39. The zero-order valence-electron chi connectivity index (χ0n) is 10.3. The lowest BCUT2D eigenvalue weighted by atomic mass is 10.1. The molecule has 1 aromatic carbocycles. The second-order valence-corrected chi connectivity index (χ2v) is 4.20. The van der Waals surface area contributed by atoms with Crippen molar-refractivity contribution in [1.82, 2.24) is 4.90 Å². The van der Waals surface area contributed by atoms with Gasteiger partial charge in [0.15, 0.2) is 0 Å². The van der Waals surface area contributed by atoms with Gasteiger partial charge in [0.1, 0.15) is 5.75 Å². The van der Waals surface area contributed by atoms with E-state index in [1.807, 2.05) is 12.1 Å². The van der Waals surface area contributed by atoms with E-state index in [0.717, 1.165) is 44.2 Å². The van der Waals surface area contributed by atoms with Crippen molar-refractivity contribution in [3.05, 3.63) is 29.3 Å². The third kappa shape index (κ3) is 2.97. The highest BCUT2D eigenvalue weighted by atomic mass is 16.5. The Morgan fingerprint density at radius 2 is 2.00 bits per heavy atom. The highest BCUT2D eigenvalue weighted by molar-refractivity contribution is 5.41. The van der Waals surface area contributed by atoms with Gasteiger partial charge in [-0.1, -0.05) is 18.2 Å². The Balaban J connectivity index is 2.13. The van der Waals surface area contributed by atoms with Crippen LogP contribution in [0.15, 0.2) is 18.2 Å². The molecule has 0 bridgehead atoms. The number of methoxy groups -OCH3 is 1. The minimum Gasteiger partial charge on any atom is -0.496 e. The van der Waals surface area contributed by atoms with Crippen molar-refractivity contribution in [2.24, 2.45) is 5.73 Å². The summed E-state index contributed by atoms with van der Waals surface area (Å²) >= 11 is 0. The molecule has 1 aromatic rings. The van der Waals surface area contributed by atoms with E-state index in [4.69, 9.17) is 15.2 Å². The van der Waals surface area contributed by atoms with E-state index in [0.29, 0.717) is 6.54 Å². The van der Waals surface area contributed by atoms with Crippen LogP contribution in [0, 0.1) is 0 Å². The van der Waals surface area contributed by atoms with Crippen LogP contribution < -0.4 is 10.5 Å². The summed E-state index contributed by atoms with van der Waals surface area (Å²) in [5.41, 5.74) is 7.99. The van der Waals surface area contributed by atoms with Gasteiger partial charge >= 0.3 is 0 Å². The SMILES string of the molecule is COc1c(CN)cccc1CN1CCOCC1. The van der Waals surface area contributed by atoms with Crippen molar-refractivity contribution >= 4 is 0 Å². The van der Waals surface area contributed by atoms with Crippen LogP contribution >= 0.6 is 0 Å². The summed E-state index contributed by atoms with van der Waals surface area (Å²) in [6, 6.07) is 6.16. The maximum Gasteiger partial charge on any atom is 0.127 e. The first-order valence-electron chi connectivity index (χ1n) is 6.00. The molecule has 94 valence electrons. The summed E-state index contributed by atoms with van der Waals surface area (Å²) in [4.78, 5) is 2.38. The van der Waals surface area contributed by atoms with Crippen LogP contribution in [0.25, 0.3) is 0 Å². The van der Waals surface area contributed by atoms with Gasteiger partial charge in [0, 0.05) is 37.3 Å². The molecular weight excluding hydrogens is 216 g/mol. The number of hydrogen-bond donors (Lipinski definition) is 1. The summed E-state index contributed by atoms with van der Waals surface area (Å²) in [6.07, 6.45) is 0. The van der Waals surface area contributed by atoms with Gasteiger partial charge in [-0.2, -0.15) is 0 Å². The molecule has 1 saturated heterocycles. The van der Waals surface area contributed by atoms with Crippen molar-refractivity contribution in [3.63, 3.8) is 0 Å². The summed E-state index contributed by atoms with van der Waals surface area (Å²) < 4.78 is 10.8. The Morgan fingerprint density at radius 1 is 1.29 bits per heavy atom. The second kappa shape index (κ2) is 6.00. The fourth-order valence-electron chi connectivity index (χ4n) is 2.19. The van der Waals surface area contributed by atoms with E-state index in [-0.39, 0.29) is 0 Å². The first kappa shape index (κ1) is 12.4. The van der Waals surface area contributed by atoms with Gasteiger partial charge in [-0.15, -0.1) is 0 Å². The molecule has 0 aromatic heterocycles. The van der Waals surface area contributed by atoms with Crippen molar-refractivity contribution in [2.45, 2.75) is 13.1 Å².